The third-order valence-electron chi connectivity index (χ3n) is 3.28. The Balaban J connectivity index is 2.50. The maximum atomic E-state index is 6.10. The average molecular weight is 279 g/mol. The maximum absolute atomic E-state index is 6.10. The van der Waals surface area contributed by atoms with E-state index in [9.17, 15) is 0 Å². The topological polar surface area (TPSA) is 61.0 Å². The van der Waals surface area contributed by atoms with Crippen LogP contribution in [0.15, 0.2) is 0 Å². The molecule has 0 saturated heterocycles. The summed E-state index contributed by atoms with van der Waals surface area (Å²) in [5.41, 5.74) is 7.29. The van der Waals surface area contributed by atoms with Crippen LogP contribution in [0.3, 0.4) is 0 Å². The average Bonchev–Trinajstić information content (AvgIpc) is 2.65. The van der Waals surface area contributed by atoms with Gasteiger partial charge in [-0.25, -0.2) is 9.97 Å². The number of nitrogens with two attached hydrogens (primary N) is 1. The first-order valence-corrected chi connectivity index (χ1v) is 7.54. The van der Waals surface area contributed by atoms with E-state index in [-0.39, 0.29) is 6.10 Å². The number of ether oxygens (including phenoxy) is 1. The first-order valence-electron chi connectivity index (χ1n) is 6.73. The number of rotatable bonds is 5. The van der Waals surface area contributed by atoms with Crippen LogP contribution in [0.2, 0.25) is 0 Å². The molecular formula is C14H21N3OS. The van der Waals surface area contributed by atoms with Gasteiger partial charge in [0.1, 0.15) is 16.8 Å². The number of nitrogen functional groups attached to an aromatic ring is 1. The van der Waals surface area contributed by atoms with Crippen LogP contribution in [0.5, 0.6) is 0 Å². The van der Waals surface area contributed by atoms with E-state index in [0.717, 1.165) is 28.9 Å². The highest BCUT2D eigenvalue weighted by Crippen LogP contribution is 2.33. The molecule has 2 heterocycles. The fraction of sp³-hybridized carbons (Fsp3) is 0.571. The largest absolute Gasteiger partial charge is 0.383 e. The van der Waals surface area contributed by atoms with Gasteiger partial charge in [-0.1, -0.05) is 13.3 Å². The van der Waals surface area contributed by atoms with Crippen molar-refractivity contribution in [3.63, 3.8) is 0 Å². The zero-order valence-corrected chi connectivity index (χ0v) is 12.8. The van der Waals surface area contributed by atoms with Crippen molar-refractivity contribution in [3.8, 4) is 0 Å². The second kappa shape index (κ2) is 5.84. The van der Waals surface area contributed by atoms with Gasteiger partial charge in [0, 0.05) is 11.5 Å². The molecule has 1 unspecified atom stereocenters. The minimum Gasteiger partial charge on any atom is -0.383 e. The van der Waals surface area contributed by atoms with E-state index >= 15 is 0 Å². The zero-order chi connectivity index (χ0) is 14.0. The van der Waals surface area contributed by atoms with Gasteiger partial charge in [0.25, 0.3) is 0 Å². The van der Waals surface area contributed by atoms with E-state index in [1.54, 1.807) is 11.3 Å². The minimum atomic E-state index is -0.0515. The summed E-state index contributed by atoms with van der Waals surface area (Å²) in [5, 5.41) is 0.998. The first-order chi connectivity index (χ1) is 9.08. The molecule has 0 spiro atoms. The second-order valence-electron chi connectivity index (χ2n) is 4.66. The molecule has 0 aromatic carbocycles. The molecular weight excluding hydrogens is 258 g/mol. The fourth-order valence-corrected chi connectivity index (χ4v) is 3.24. The van der Waals surface area contributed by atoms with Crippen LogP contribution in [-0.4, -0.2) is 16.6 Å². The van der Waals surface area contributed by atoms with Gasteiger partial charge in [-0.15, -0.1) is 11.3 Å². The Morgan fingerprint density at radius 3 is 2.63 bits per heavy atom. The van der Waals surface area contributed by atoms with Crippen LogP contribution in [0.4, 0.5) is 5.82 Å². The van der Waals surface area contributed by atoms with E-state index in [4.69, 9.17) is 10.5 Å². The number of thiophene rings is 1. The maximum Gasteiger partial charge on any atom is 0.161 e. The Bertz CT molecular complexity index is 574. The highest BCUT2D eigenvalue weighted by atomic mass is 32.1. The Kier molecular flexibility index (Phi) is 4.37. The molecule has 0 fully saturated rings. The van der Waals surface area contributed by atoms with E-state index in [0.29, 0.717) is 12.4 Å². The van der Waals surface area contributed by atoms with Crippen molar-refractivity contribution >= 4 is 27.4 Å². The lowest BCUT2D eigenvalue weighted by Crippen LogP contribution is -2.10. The van der Waals surface area contributed by atoms with Gasteiger partial charge in [-0.3, -0.25) is 0 Å². The van der Waals surface area contributed by atoms with Gasteiger partial charge in [0.05, 0.1) is 5.39 Å². The third-order valence-corrected chi connectivity index (χ3v) is 4.38. The van der Waals surface area contributed by atoms with Gasteiger partial charge in [0.2, 0.25) is 0 Å². The van der Waals surface area contributed by atoms with Crippen LogP contribution in [0.25, 0.3) is 10.2 Å². The molecule has 1 atom stereocenters. The molecule has 0 aliphatic heterocycles. The first kappa shape index (κ1) is 14.2. The molecule has 2 rings (SSSR count). The predicted molar refractivity (Wildman–Crippen MR) is 80.6 cm³/mol. The number of anilines is 1. The number of fused-ring (bicyclic) bond motifs is 1. The SMILES string of the molecule is CCCC(OCC)c1nc(N)c2c(C)c(C)sc2n1. The monoisotopic (exact) mass is 279 g/mol. The summed E-state index contributed by atoms with van der Waals surface area (Å²) in [7, 11) is 0. The summed E-state index contributed by atoms with van der Waals surface area (Å²) in [5.74, 6) is 1.29. The summed E-state index contributed by atoms with van der Waals surface area (Å²) in [6, 6.07) is 0. The normalized spacial score (nSPS) is 13.1. The molecule has 19 heavy (non-hydrogen) atoms. The summed E-state index contributed by atoms with van der Waals surface area (Å²) in [6.45, 7) is 8.94. The Labute approximate surface area is 118 Å². The molecule has 0 bridgehead atoms. The molecule has 0 amide bonds. The summed E-state index contributed by atoms with van der Waals surface area (Å²) >= 11 is 1.67. The third kappa shape index (κ3) is 2.72. The van der Waals surface area contributed by atoms with Crippen LogP contribution in [0.1, 0.15) is 49.1 Å². The number of aryl methyl sites for hydroxylation is 2. The quantitative estimate of drug-likeness (QED) is 0.905. The summed E-state index contributed by atoms with van der Waals surface area (Å²) in [4.78, 5) is 11.3. The molecule has 5 heteroatoms. The van der Waals surface area contributed by atoms with Gasteiger partial charge in [-0.2, -0.15) is 0 Å². The van der Waals surface area contributed by atoms with Crippen molar-refractivity contribution in [1.29, 1.82) is 0 Å². The number of aromatic nitrogens is 2. The number of hydrogen-bond acceptors (Lipinski definition) is 5. The Morgan fingerprint density at radius 2 is 2.00 bits per heavy atom. The van der Waals surface area contributed by atoms with Gasteiger partial charge >= 0.3 is 0 Å². The van der Waals surface area contributed by atoms with Gasteiger partial charge < -0.3 is 10.5 Å². The van der Waals surface area contributed by atoms with E-state index in [1.807, 2.05) is 6.92 Å². The van der Waals surface area contributed by atoms with Crippen LogP contribution in [0, 0.1) is 13.8 Å². The molecule has 0 aliphatic carbocycles. The standard InChI is InChI=1S/C14H21N3OS/c1-5-7-10(18-6-2)13-16-12(15)11-8(3)9(4)19-14(11)17-13/h10H,5-7H2,1-4H3,(H2,15,16,17). The van der Waals surface area contributed by atoms with Crippen LogP contribution in [-0.2, 0) is 4.74 Å². The Hall–Kier alpha value is -1.20. The highest BCUT2D eigenvalue weighted by Gasteiger charge is 2.18. The van der Waals surface area contributed by atoms with Gasteiger partial charge in [-0.05, 0) is 32.8 Å². The number of hydrogen-bond donors (Lipinski definition) is 1. The number of nitrogens with zero attached hydrogens (tertiary/aromatic N) is 2. The molecule has 2 aromatic rings. The minimum absolute atomic E-state index is 0.0515. The molecule has 4 nitrogen and oxygen atoms in total. The van der Waals surface area contributed by atoms with Crippen molar-refractivity contribution in [2.24, 2.45) is 0 Å². The van der Waals surface area contributed by atoms with E-state index in [1.165, 1.54) is 10.4 Å². The zero-order valence-electron chi connectivity index (χ0n) is 12.0. The van der Waals surface area contributed by atoms with Crippen molar-refractivity contribution in [2.45, 2.75) is 46.6 Å². The van der Waals surface area contributed by atoms with Crippen molar-refractivity contribution in [2.75, 3.05) is 12.3 Å². The lowest BCUT2D eigenvalue weighted by Gasteiger charge is -2.15. The van der Waals surface area contributed by atoms with Crippen molar-refractivity contribution in [1.82, 2.24) is 9.97 Å². The summed E-state index contributed by atoms with van der Waals surface area (Å²) in [6.07, 6.45) is 1.90. The smallest absolute Gasteiger partial charge is 0.161 e. The molecule has 0 aliphatic rings. The van der Waals surface area contributed by atoms with Crippen molar-refractivity contribution in [3.05, 3.63) is 16.3 Å². The predicted octanol–water partition coefficient (Wildman–Crippen LogP) is 3.77. The van der Waals surface area contributed by atoms with E-state index in [2.05, 4.69) is 30.7 Å². The Morgan fingerprint density at radius 1 is 1.26 bits per heavy atom. The molecule has 104 valence electrons. The molecule has 2 N–H and O–H groups in total. The highest BCUT2D eigenvalue weighted by molar-refractivity contribution is 7.18. The van der Waals surface area contributed by atoms with E-state index < -0.39 is 0 Å². The molecule has 0 saturated carbocycles. The molecule has 2 aromatic heterocycles. The molecule has 0 radical (unpaired) electrons. The van der Waals surface area contributed by atoms with Crippen LogP contribution >= 0.6 is 11.3 Å². The fourth-order valence-electron chi connectivity index (χ4n) is 2.19. The lowest BCUT2D eigenvalue weighted by atomic mass is 10.1. The van der Waals surface area contributed by atoms with Crippen molar-refractivity contribution < 1.29 is 4.74 Å². The van der Waals surface area contributed by atoms with Crippen LogP contribution < -0.4 is 5.73 Å². The summed E-state index contributed by atoms with van der Waals surface area (Å²) < 4.78 is 5.73. The van der Waals surface area contributed by atoms with Gasteiger partial charge in [0.15, 0.2) is 5.82 Å². The lowest BCUT2D eigenvalue weighted by molar-refractivity contribution is 0.0497. The second-order valence-corrected chi connectivity index (χ2v) is 5.87.